The summed E-state index contributed by atoms with van der Waals surface area (Å²) in [5.74, 6) is -0.392. The van der Waals surface area contributed by atoms with Crippen LogP contribution in [0.1, 0.15) is 17.5 Å². The van der Waals surface area contributed by atoms with Crippen LogP contribution in [0.25, 0.3) is 5.73 Å². The van der Waals surface area contributed by atoms with Gasteiger partial charge in [-0.25, -0.2) is 0 Å². The molecule has 1 unspecified atom stereocenters. The van der Waals surface area contributed by atoms with Crippen LogP contribution < -0.4 is 10.6 Å². The van der Waals surface area contributed by atoms with Crippen molar-refractivity contribution in [1.29, 1.82) is 0 Å². The van der Waals surface area contributed by atoms with E-state index >= 15 is 0 Å². The molecule has 0 aliphatic carbocycles. The molecule has 1 heterocycles. The minimum Gasteiger partial charge on any atom is -0.662 e. The third kappa shape index (κ3) is 4.84. The number of carbonyl (C=O) groups is 1. The van der Waals surface area contributed by atoms with E-state index in [4.69, 9.17) is 10.5 Å². The number of anilines is 2. The second-order valence-electron chi connectivity index (χ2n) is 6.58. The summed E-state index contributed by atoms with van der Waals surface area (Å²) in [4.78, 5) is 12.1. The molecule has 0 bridgehead atoms. The molecule has 1 atom stereocenters. The van der Waals surface area contributed by atoms with E-state index in [-0.39, 0.29) is 18.8 Å². The highest BCUT2D eigenvalue weighted by atomic mass is 79.9. The molecule has 1 saturated heterocycles. The molecule has 3 rings (SSSR count). The van der Waals surface area contributed by atoms with Crippen LogP contribution in [0.3, 0.4) is 0 Å². The molecule has 1 aliphatic rings. The molecule has 5 nitrogen and oxygen atoms in total. The van der Waals surface area contributed by atoms with E-state index in [1.54, 1.807) is 24.3 Å². The molecule has 2 aromatic carbocycles. The molecule has 0 spiro atoms. The summed E-state index contributed by atoms with van der Waals surface area (Å²) < 4.78 is 45.1. The van der Waals surface area contributed by atoms with E-state index in [1.165, 1.54) is 12.1 Å². The fraction of sp³-hybridized carbons (Fsp3) is 0.316. The third-order valence-electron chi connectivity index (χ3n) is 4.43. The first-order valence-electron chi connectivity index (χ1n) is 8.51. The summed E-state index contributed by atoms with van der Waals surface area (Å²) in [6.45, 7) is 0.704. The lowest BCUT2D eigenvalue weighted by molar-refractivity contribution is -0.137. The van der Waals surface area contributed by atoms with Crippen molar-refractivity contribution in [1.82, 2.24) is 5.32 Å². The number of ether oxygens (including phenoxy) is 1. The Bertz CT molecular complexity index is 850. The lowest BCUT2D eigenvalue weighted by Crippen LogP contribution is -2.44. The number of amides is 1. The predicted molar refractivity (Wildman–Crippen MR) is 103 cm³/mol. The monoisotopic (exact) mass is 456 g/mol. The number of hydrogen-bond acceptors (Lipinski definition) is 3. The molecule has 3 N–H and O–H groups in total. The van der Waals surface area contributed by atoms with Gasteiger partial charge in [-0.1, -0.05) is 28.1 Å². The molecule has 9 heteroatoms. The molecule has 0 saturated carbocycles. The fourth-order valence-corrected chi connectivity index (χ4v) is 3.18. The summed E-state index contributed by atoms with van der Waals surface area (Å²) in [6, 6.07) is 10.6. The molecule has 1 aliphatic heterocycles. The van der Waals surface area contributed by atoms with Crippen molar-refractivity contribution in [3.05, 3.63) is 63.8 Å². The van der Waals surface area contributed by atoms with Gasteiger partial charge in [0.25, 0.3) is 0 Å². The van der Waals surface area contributed by atoms with Gasteiger partial charge in [0.05, 0.1) is 11.3 Å². The van der Waals surface area contributed by atoms with Crippen LogP contribution >= 0.6 is 15.9 Å². The number of nitrogens with one attached hydrogen (secondary N) is 3. The standard InChI is InChI=1S/C19H18BrF3N3O2/c20-13-3-6-16(15(9-13)19(21,22)23)26-14-4-1-12(2-5-14)10-25-17(27)18(24)7-8-28-11-18/h1-6,9,24,26H,7-8,10-11H2,(H,25,27)/q-1. The van der Waals surface area contributed by atoms with Gasteiger partial charge in [0.2, 0.25) is 5.91 Å². The van der Waals surface area contributed by atoms with Crippen molar-refractivity contribution in [3.63, 3.8) is 0 Å². The Hall–Kier alpha value is -2.10. The zero-order chi connectivity index (χ0) is 20.4. The summed E-state index contributed by atoms with van der Waals surface area (Å²) >= 11 is 3.06. The van der Waals surface area contributed by atoms with Crippen molar-refractivity contribution < 1.29 is 22.7 Å². The SMILES string of the molecule is [NH-]C1(C(=O)NCc2ccc(Nc3ccc(Br)cc3C(F)(F)F)cc2)CCOC1. The van der Waals surface area contributed by atoms with Crippen molar-refractivity contribution in [2.24, 2.45) is 0 Å². The number of alkyl halides is 3. The van der Waals surface area contributed by atoms with E-state index in [2.05, 4.69) is 26.6 Å². The molecule has 0 aromatic heterocycles. The van der Waals surface area contributed by atoms with E-state index in [9.17, 15) is 18.0 Å². The first-order chi connectivity index (χ1) is 13.2. The van der Waals surface area contributed by atoms with Gasteiger partial charge in [-0.05, 0) is 47.9 Å². The second kappa shape index (κ2) is 8.10. The van der Waals surface area contributed by atoms with Crippen LogP contribution in [0.2, 0.25) is 0 Å². The lowest BCUT2D eigenvalue weighted by atomic mass is 9.99. The van der Waals surface area contributed by atoms with Gasteiger partial charge in [0.15, 0.2) is 0 Å². The van der Waals surface area contributed by atoms with Gasteiger partial charge >= 0.3 is 6.18 Å². The molecule has 1 fully saturated rings. The molecule has 150 valence electrons. The highest BCUT2D eigenvalue weighted by molar-refractivity contribution is 9.10. The Balaban J connectivity index is 1.65. The maximum atomic E-state index is 13.2. The minimum atomic E-state index is -4.48. The van der Waals surface area contributed by atoms with Crippen LogP contribution in [-0.2, 0) is 22.3 Å². The quantitative estimate of drug-likeness (QED) is 0.661. The maximum Gasteiger partial charge on any atom is 0.418 e. The van der Waals surface area contributed by atoms with Gasteiger partial charge in [0, 0.05) is 29.9 Å². The molecule has 28 heavy (non-hydrogen) atoms. The van der Waals surface area contributed by atoms with Gasteiger partial charge in [-0.3, -0.25) is 4.79 Å². The number of halogens is 4. The molecule has 2 aromatic rings. The average Bonchev–Trinajstić information content (AvgIpc) is 3.09. The van der Waals surface area contributed by atoms with Crippen LogP contribution in [0, 0.1) is 0 Å². The number of carbonyl (C=O) groups excluding carboxylic acids is 1. The summed E-state index contributed by atoms with van der Waals surface area (Å²) in [7, 11) is 0. The Labute approximate surface area is 168 Å². The maximum absolute atomic E-state index is 13.2. The summed E-state index contributed by atoms with van der Waals surface area (Å²) in [5, 5.41) is 5.48. The molecular weight excluding hydrogens is 439 g/mol. The van der Waals surface area contributed by atoms with Crippen LogP contribution in [0.4, 0.5) is 24.5 Å². The number of rotatable bonds is 5. The zero-order valence-corrected chi connectivity index (χ0v) is 16.3. The van der Waals surface area contributed by atoms with Crippen molar-refractivity contribution in [2.45, 2.75) is 24.7 Å². The topological polar surface area (TPSA) is 74.2 Å². The predicted octanol–water partition coefficient (Wildman–Crippen LogP) is 5.04. The van der Waals surface area contributed by atoms with Crippen molar-refractivity contribution >= 4 is 33.2 Å². The average molecular weight is 457 g/mol. The lowest BCUT2D eigenvalue weighted by Gasteiger charge is -2.30. The number of hydrogen-bond donors (Lipinski definition) is 2. The zero-order valence-electron chi connectivity index (χ0n) is 14.7. The van der Waals surface area contributed by atoms with Gasteiger partial charge in [-0.2, -0.15) is 13.2 Å². The van der Waals surface area contributed by atoms with Gasteiger partial charge in [-0.15, -0.1) is 0 Å². The largest absolute Gasteiger partial charge is 0.662 e. The number of benzene rings is 2. The summed E-state index contributed by atoms with van der Waals surface area (Å²) in [5.41, 5.74) is 7.25. The Morgan fingerprint density at radius 3 is 2.54 bits per heavy atom. The Morgan fingerprint density at radius 2 is 1.93 bits per heavy atom. The molecule has 1 amide bonds. The van der Waals surface area contributed by atoms with E-state index in [0.717, 1.165) is 11.6 Å². The van der Waals surface area contributed by atoms with Gasteiger partial charge < -0.3 is 21.1 Å². The highest BCUT2D eigenvalue weighted by Crippen LogP contribution is 2.37. The van der Waals surface area contributed by atoms with Crippen LogP contribution in [0.15, 0.2) is 46.9 Å². The van der Waals surface area contributed by atoms with Crippen LogP contribution in [-0.4, -0.2) is 24.7 Å². The van der Waals surface area contributed by atoms with E-state index in [0.29, 0.717) is 23.2 Å². The Morgan fingerprint density at radius 1 is 1.21 bits per heavy atom. The first-order valence-corrected chi connectivity index (χ1v) is 9.30. The van der Waals surface area contributed by atoms with Gasteiger partial charge in [0.1, 0.15) is 0 Å². The first kappa shape index (κ1) is 20.6. The smallest absolute Gasteiger partial charge is 0.418 e. The molecule has 0 radical (unpaired) electrons. The molecular formula is C19H18BrF3N3O2-. The van der Waals surface area contributed by atoms with Crippen molar-refractivity contribution in [2.75, 3.05) is 18.5 Å². The minimum absolute atomic E-state index is 0.0471. The fourth-order valence-electron chi connectivity index (χ4n) is 2.82. The van der Waals surface area contributed by atoms with E-state index < -0.39 is 23.2 Å². The van der Waals surface area contributed by atoms with E-state index in [1.807, 2.05) is 0 Å². The second-order valence-corrected chi connectivity index (χ2v) is 7.49. The third-order valence-corrected chi connectivity index (χ3v) is 4.92. The van der Waals surface area contributed by atoms with Crippen molar-refractivity contribution in [3.8, 4) is 0 Å². The summed E-state index contributed by atoms with van der Waals surface area (Å²) in [6.07, 6.45) is -4.12. The Kier molecular flexibility index (Phi) is 5.97. The van der Waals surface area contributed by atoms with Crippen LogP contribution in [0.5, 0.6) is 0 Å². The normalized spacial score (nSPS) is 19.5. The highest BCUT2D eigenvalue weighted by Gasteiger charge is 2.34.